The van der Waals surface area contributed by atoms with Gasteiger partial charge in [0.25, 0.3) is 0 Å². The Kier molecular flexibility index (Phi) is 4.17. The second-order valence-corrected chi connectivity index (χ2v) is 3.48. The van der Waals surface area contributed by atoms with E-state index >= 15 is 0 Å². The Morgan fingerprint density at radius 2 is 2.00 bits per heavy atom. The molecule has 0 saturated carbocycles. The number of hydrogen-bond donors (Lipinski definition) is 0. The molecule has 1 aromatic carbocycles. The van der Waals surface area contributed by atoms with Crippen molar-refractivity contribution in [2.24, 2.45) is 5.92 Å². The van der Waals surface area contributed by atoms with Crippen LogP contribution in [0.15, 0.2) is 30.3 Å². The van der Waals surface area contributed by atoms with Crippen molar-refractivity contribution in [2.45, 2.75) is 20.3 Å². The van der Waals surface area contributed by atoms with E-state index in [0.29, 0.717) is 18.1 Å². The number of hydrogen-bond acceptors (Lipinski definition) is 2. The van der Waals surface area contributed by atoms with Gasteiger partial charge in [-0.1, -0.05) is 38.5 Å². The molecule has 0 N–H and O–H groups in total. The molecule has 2 heteroatoms. The van der Waals surface area contributed by atoms with Gasteiger partial charge in [0.2, 0.25) is 0 Å². The summed E-state index contributed by atoms with van der Waals surface area (Å²) in [7, 11) is 0. The van der Waals surface area contributed by atoms with Crippen LogP contribution >= 0.6 is 0 Å². The van der Waals surface area contributed by atoms with Crippen molar-refractivity contribution in [2.75, 3.05) is 6.61 Å². The first kappa shape index (κ1) is 10.8. The lowest BCUT2D eigenvalue weighted by atomic mass is 10.1. The molecule has 0 unspecified atom stereocenters. The van der Waals surface area contributed by atoms with Gasteiger partial charge in [-0.15, -0.1) is 0 Å². The molecule has 0 bridgehead atoms. The van der Waals surface area contributed by atoms with Gasteiger partial charge in [0.1, 0.15) is 0 Å². The van der Waals surface area contributed by atoms with Crippen molar-refractivity contribution < 1.29 is 9.53 Å². The summed E-state index contributed by atoms with van der Waals surface area (Å²) in [5, 5.41) is 0. The Balaban J connectivity index is 2.44. The first-order chi connectivity index (χ1) is 6.74. The summed E-state index contributed by atoms with van der Waals surface area (Å²) >= 11 is 0. The molecular formula is C12H16O2. The van der Waals surface area contributed by atoms with E-state index in [1.165, 1.54) is 0 Å². The number of carbonyl (C=O) groups is 1. The van der Waals surface area contributed by atoms with Crippen LogP contribution in [-0.4, -0.2) is 12.6 Å². The highest BCUT2D eigenvalue weighted by atomic mass is 16.5. The van der Waals surface area contributed by atoms with Crippen molar-refractivity contribution in [3.63, 3.8) is 0 Å². The molecule has 14 heavy (non-hydrogen) atoms. The molecule has 0 aliphatic rings. The molecule has 0 aromatic heterocycles. The van der Waals surface area contributed by atoms with Gasteiger partial charge in [0.05, 0.1) is 12.2 Å². The summed E-state index contributed by atoms with van der Waals surface area (Å²) in [5.41, 5.74) is 0.621. The molecule has 1 aromatic rings. The molecule has 0 amide bonds. The molecule has 0 radical (unpaired) electrons. The Labute approximate surface area is 84.9 Å². The highest BCUT2D eigenvalue weighted by molar-refractivity contribution is 5.89. The fraction of sp³-hybridized carbons (Fsp3) is 0.417. The summed E-state index contributed by atoms with van der Waals surface area (Å²) in [6.45, 7) is 4.66. The van der Waals surface area contributed by atoms with E-state index in [9.17, 15) is 4.79 Å². The van der Waals surface area contributed by atoms with Crippen LogP contribution in [0.2, 0.25) is 0 Å². The molecule has 0 heterocycles. The van der Waals surface area contributed by atoms with Crippen LogP contribution in [0.5, 0.6) is 0 Å². The zero-order valence-electron chi connectivity index (χ0n) is 8.69. The summed E-state index contributed by atoms with van der Waals surface area (Å²) in [4.78, 5) is 11.4. The third-order valence-electron chi connectivity index (χ3n) is 2.21. The van der Waals surface area contributed by atoms with Crippen molar-refractivity contribution in [3.8, 4) is 0 Å². The maximum absolute atomic E-state index is 11.4. The SMILES string of the molecule is CC[C@@H](C)COC(=O)c1ccccc1. The third kappa shape index (κ3) is 3.21. The van der Waals surface area contributed by atoms with E-state index in [-0.39, 0.29) is 5.97 Å². The maximum atomic E-state index is 11.4. The molecule has 2 nitrogen and oxygen atoms in total. The third-order valence-corrected chi connectivity index (χ3v) is 2.21. The predicted octanol–water partition coefficient (Wildman–Crippen LogP) is 2.89. The van der Waals surface area contributed by atoms with Gasteiger partial charge >= 0.3 is 5.97 Å². The normalized spacial score (nSPS) is 12.1. The summed E-state index contributed by atoms with van der Waals surface area (Å²) in [6.07, 6.45) is 1.03. The standard InChI is InChI=1S/C12H16O2/c1-3-10(2)9-14-12(13)11-7-5-4-6-8-11/h4-8,10H,3,9H2,1-2H3/t10-/m1/s1. The minimum Gasteiger partial charge on any atom is -0.462 e. The van der Waals surface area contributed by atoms with Gasteiger partial charge in [0, 0.05) is 0 Å². The Morgan fingerprint density at radius 3 is 2.57 bits per heavy atom. The van der Waals surface area contributed by atoms with Crippen molar-refractivity contribution in [1.29, 1.82) is 0 Å². The van der Waals surface area contributed by atoms with Crippen LogP contribution in [0, 0.1) is 5.92 Å². The van der Waals surface area contributed by atoms with Gasteiger partial charge in [0.15, 0.2) is 0 Å². The lowest BCUT2D eigenvalue weighted by molar-refractivity contribution is 0.0447. The molecular weight excluding hydrogens is 176 g/mol. The highest BCUT2D eigenvalue weighted by Gasteiger charge is 2.07. The molecule has 0 aliphatic heterocycles. The van der Waals surface area contributed by atoms with E-state index < -0.39 is 0 Å². The van der Waals surface area contributed by atoms with Crippen LogP contribution in [0.1, 0.15) is 30.6 Å². The Morgan fingerprint density at radius 1 is 1.36 bits per heavy atom. The minimum absolute atomic E-state index is 0.231. The van der Waals surface area contributed by atoms with Crippen molar-refractivity contribution >= 4 is 5.97 Å². The second-order valence-electron chi connectivity index (χ2n) is 3.48. The van der Waals surface area contributed by atoms with E-state index in [1.54, 1.807) is 12.1 Å². The maximum Gasteiger partial charge on any atom is 0.338 e. The quantitative estimate of drug-likeness (QED) is 0.686. The summed E-state index contributed by atoms with van der Waals surface area (Å²) < 4.78 is 5.14. The number of esters is 1. The van der Waals surface area contributed by atoms with Gasteiger partial charge < -0.3 is 4.74 Å². The number of benzene rings is 1. The van der Waals surface area contributed by atoms with Gasteiger partial charge in [-0.2, -0.15) is 0 Å². The Bertz CT molecular complexity index is 280. The van der Waals surface area contributed by atoms with Crippen molar-refractivity contribution in [3.05, 3.63) is 35.9 Å². The van der Waals surface area contributed by atoms with Crippen LogP contribution in [0.4, 0.5) is 0 Å². The highest BCUT2D eigenvalue weighted by Crippen LogP contribution is 2.05. The van der Waals surface area contributed by atoms with Gasteiger partial charge in [-0.3, -0.25) is 0 Å². The Hall–Kier alpha value is -1.31. The monoisotopic (exact) mass is 192 g/mol. The van der Waals surface area contributed by atoms with Crippen LogP contribution in [0.3, 0.4) is 0 Å². The molecule has 0 aliphatic carbocycles. The average Bonchev–Trinajstić information content (AvgIpc) is 2.26. The van der Waals surface area contributed by atoms with E-state index in [2.05, 4.69) is 13.8 Å². The average molecular weight is 192 g/mol. The minimum atomic E-state index is -0.231. The number of rotatable bonds is 4. The zero-order chi connectivity index (χ0) is 10.4. The molecule has 0 fully saturated rings. The van der Waals surface area contributed by atoms with E-state index in [1.807, 2.05) is 18.2 Å². The van der Waals surface area contributed by atoms with E-state index in [0.717, 1.165) is 6.42 Å². The fourth-order valence-electron chi connectivity index (χ4n) is 0.993. The zero-order valence-corrected chi connectivity index (χ0v) is 8.69. The van der Waals surface area contributed by atoms with Crippen molar-refractivity contribution in [1.82, 2.24) is 0 Å². The molecule has 0 spiro atoms. The number of carbonyl (C=O) groups excluding carboxylic acids is 1. The van der Waals surface area contributed by atoms with Gasteiger partial charge in [-0.25, -0.2) is 4.79 Å². The topological polar surface area (TPSA) is 26.3 Å². The molecule has 0 saturated heterocycles. The first-order valence-corrected chi connectivity index (χ1v) is 4.96. The predicted molar refractivity (Wildman–Crippen MR) is 56.2 cm³/mol. The smallest absolute Gasteiger partial charge is 0.338 e. The van der Waals surface area contributed by atoms with Crippen LogP contribution < -0.4 is 0 Å². The summed E-state index contributed by atoms with van der Waals surface area (Å²) in [5.74, 6) is 0.202. The fourth-order valence-corrected chi connectivity index (χ4v) is 0.993. The molecule has 1 atom stereocenters. The second kappa shape index (κ2) is 5.43. The molecule has 1 rings (SSSR count). The molecule has 76 valence electrons. The van der Waals surface area contributed by atoms with Gasteiger partial charge in [-0.05, 0) is 18.1 Å². The van der Waals surface area contributed by atoms with Crippen LogP contribution in [0.25, 0.3) is 0 Å². The number of ether oxygens (including phenoxy) is 1. The van der Waals surface area contributed by atoms with E-state index in [4.69, 9.17) is 4.74 Å². The largest absolute Gasteiger partial charge is 0.462 e. The lowest BCUT2D eigenvalue weighted by Crippen LogP contribution is -2.11. The van der Waals surface area contributed by atoms with Crippen LogP contribution in [-0.2, 0) is 4.74 Å². The first-order valence-electron chi connectivity index (χ1n) is 4.96. The summed E-state index contributed by atoms with van der Waals surface area (Å²) in [6, 6.07) is 9.07. The lowest BCUT2D eigenvalue weighted by Gasteiger charge is -2.09.